The Hall–Kier alpha value is -3.35. The Balaban J connectivity index is 1.26. The molecule has 4 rings (SSSR count). The second-order valence-electron chi connectivity index (χ2n) is 7.80. The van der Waals surface area contributed by atoms with Gasteiger partial charge in [0.25, 0.3) is 0 Å². The summed E-state index contributed by atoms with van der Waals surface area (Å²) in [5.41, 5.74) is 1.57. The van der Waals surface area contributed by atoms with Crippen LogP contribution in [0, 0.1) is 0 Å². The summed E-state index contributed by atoms with van der Waals surface area (Å²) in [5, 5.41) is 0.590. The molecule has 1 aliphatic rings. The van der Waals surface area contributed by atoms with Gasteiger partial charge in [-0.1, -0.05) is 60.1 Å². The lowest BCUT2D eigenvalue weighted by molar-refractivity contribution is -0.127. The van der Waals surface area contributed by atoms with Gasteiger partial charge in [-0.2, -0.15) is 0 Å². The van der Waals surface area contributed by atoms with Crippen LogP contribution in [0.3, 0.4) is 0 Å². The molecule has 2 heterocycles. The van der Waals surface area contributed by atoms with Crippen LogP contribution in [-0.4, -0.2) is 41.9 Å². The van der Waals surface area contributed by atoms with E-state index in [1.165, 1.54) is 12.3 Å². The maximum atomic E-state index is 12.4. The highest BCUT2D eigenvalue weighted by Gasteiger charge is 2.20. The first kappa shape index (κ1) is 22.8. The monoisotopic (exact) mass is 464 g/mol. The third-order valence-electron chi connectivity index (χ3n) is 5.47. The summed E-state index contributed by atoms with van der Waals surface area (Å²) in [6, 6.07) is 18.5. The van der Waals surface area contributed by atoms with Crippen LogP contribution in [0.25, 0.3) is 6.08 Å². The molecule has 0 atom stereocenters. The van der Waals surface area contributed by atoms with Crippen molar-refractivity contribution in [1.29, 1.82) is 0 Å². The Labute approximate surface area is 197 Å². The van der Waals surface area contributed by atoms with E-state index in [9.17, 15) is 9.59 Å². The summed E-state index contributed by atoms with van der Waals surface area (Å²) < 4.78 is 11.2. The highest BCUT2D eigenvalue weighted by Crippen LogP contribution is 2.17. The molecule has 0 bridgehead atoms. The normalized spacial score (nSPS) is 14.5. The zero-order valence-corrected chi connectivity index (χ0v) is 18.9. The van der Waals surface area contributed by atoms with Gasteiger partial charge < -0.3 is 14.1 Å². The molecule has 33 heavy (non-hydrogen) atoms. The van der Waals surface area contributed by atoms with Gasteiger partial charge in [0.15, 0.2) is 0 Å². The summed E-state index contributed by atoms with van der Waals surface area (Å²) in [5.74, 6) is 0.721. The van der Waals surface area contributed by atoms with E-state index < -0.39 is 0 Å². The van der Waals surface area contributed by atoms with Crippen LogP contribution in [0.15, 0.2) is 82.2 Å². The average Bonchev–Trinajstić information content (AvgIpc) is 2.84. The van der Waals surface area contributed by atoms with Gasteiger partial charge >= 0.3 is 0 Å². The number of ether oxygens (including phenoxy) is 1. The van der Waals surface area contributed by atoms with Crippen LogP contribution in [0.2, 0.25) is 5.02 Å². The topological polar surface area (TPSA) is 63.0 Å². The van der Waals surface area contributed by atoms with Gasteiger partial charge in [0, 0.05) is 48.9 Å². The largest absolute Gasteiger partial charge is 0.482 e. The van der Waals surface area contributed by atoms with Crippen LogP contribution in [-0.2, 0) is 17.9 Å². The fourth-order valence-electron chi connectivity index (χ4n) is 3.58. The molecule has 6 nitrogen and oxygen atoms in total. The third kappa shape index (κ3) is 6.34. The van der Waals surface area contributed by atoms with Gasteiger partial charge in [-0.15, -0.1) is 0 Å². The fraction of sp³-hybridized carbons (Fsp3) is 0.231. The molecule has 0 radical (unpaired) electrons. The van der Waals surface area contributed by atoms with Crippen molar-refractivity contribution >= 4 is 23.6 Å². The SMILES string of the molecule is O=C(/C=C/c1ccccc1)N1CCN(Cc2cc(=O)c(OCc3ccccc3Cl)co2)CC1. The van der Waals surface area contributed by atoms with Crippen molar-refractivity contribution in [3.63, 3.8) is 0 Å². The zero-order valence-electron chi connectivity index (χ0n) is 18.2. The number of hydrogen-bond acceptors (Lipinski definition) is 5. The number of amides is 1. The van der Waals surface area contributed by atoms with E-state index >= 15 is 0 Å². The van der Waals surface area contributed by atoms with Crippen LogP contribution in [0.1, 0.15) is 16.9 Å². The van der Waals surface area contributed by atoms with E-state index in [4.69, 9.17) is 20.8 Å². The smallest absolute Gasteiger partial charge is 0.246 e. The van der Waals surface area contributed by atoms with Crippen molar-refractivity contribution in [2.45, 2.75) is 13.2 Å². The molecule has 0 N–H and O–H groups in total. The lowest BCUT2D eigenvalue weighted by Crippen LogP contribution is -2.47. The van der Waals surface area contributed by atoms with Gasteiger partial charge in [-0.25, -0.2) is 0 Å². The third-order valence-corrected chi connectivity index (χ3v) is 5.84. The van der Waals surface area contributed by atoms with E-state index in [0.717, 1.165) is 11.1 Å². The zero-order chi connectivity index (χ0) is 23.0. The van der Waals surface area contributed by atoms with Crippen molar-refractivity contribution in [3.05, 3.63) is 105 Å². The quantitative estimate of drug-likeness (QED) is 0.490. The molecule has 7 heteroatoms. The summed E-state index contributed by atoms with van der Waals surface area (Å²) in [7, 11) is 0. The highest BCUT2D eigenvalue weighted by atomic mass is 35.5. The molecule has 0 spiro atoms. The predicted molar refractivity (Wildman–Crippen MR) is 128 cm³/mol. The molecule has 2 aromatic carbocycles. The maximum absolute atomic E-state index is 12.4. The van der Waals surface area contributed by atoms with Crippen LogP contribution in [0.5, 0.6) is 5.75 Å². The molecule has 1 saturated heterocycles. The maximum Gasteiger partial charge on any atom is 0.246 e. The average molecular weight is 465 g/mol. The van der Waals surface area contributed by atoms with Crippen LogP contribution < -0.4 is 10.2 Å². The summed E-state index contributed by atoms with van der Waals surface area (Å²) in [6.45, 7) is 3.36. The number of piperazine rings is 1. The number of halogens is 1. The van der Waals surface area contributed by atoms with E-state index in [-0.39, 0.29) is 23.7 Å². The van der Waals surface area contributed by atoms with E-state index in [1.54, 1.807) is 12.1 Å². The Bertz CT molecular complexity index is 1170. The first-order valence-electron chi connectivity index (χ1n) is 10.8. The van der Waals surface area contributed by atoms with Crippen molar-refractivity contribution in [1.82, 2.24) is 9.80 Å². The molecule has 1 fully saturated rings. The number of rotatable bonds is 7. The molecule has 170 valence electrons. The molecular weight excluding hydrogens is 440 g/mol. The first-order valence-corrected chi connectivity index (χ1v) is 11.2. The lowest BCUT2D eigenvalue weighted by atomic mass is 10.2. The minimum atomic E-state index is -0.233. The number of carbonyl (C=O) groups is 1. The number of nitrogens with zero attached hydrogens (tertiary/aromatic N) is 2. The molecular formula is C26H25ClN2O4. The van der Waals surface area contributed by atoms with Crippen LogP contribution >= 0.6 is 11.6 Å². The molecule has 0 saturated carbocycles. The second-order valence-corrected chi connectivity index (χ2v) is 8.21. The Morgan fingerprint density at radius 2 is 1.76 bits per heavy atom. The van der Waals surface area contributed by atoms with E-state index in [2.05, 4.69) is 4.90 Å². The first-order chi connectivity index (χ1) is 16.1. The van der Waals surface area contributed by atoms with Crippen molar-refractivity contribution < 1.29 is 13.9 Å². The number of carbonyl (C=O) groups excluding carboxylic acids is 1. The van der Waals surface area contributed by atoms with Crippen LogP contribution in [0.4, 0.5) is 0 Å². The molecule has 3 aromatic rings. The van der Waals surface area contributed by atoms with Gasteiger partial charge in [0.1, 0.15) is 18.6 Å². The van der Waals surface area contributed by atoms with Gasteiger partial charge in [0.2, 0.25) is 17.1 Å². The second kappa shape index (κ2) is 11.0. The van der Waals surface area contributed by atoms with Crippen molar-refractivity contribution in [3.8, 4) is 5.75 Å². The number of benzene rings is 2. The summed E-state index contributed by atoms with van der Waals surface area (Å²) in [4.78, 5) is 28.9. The van der Waals surface area contributed by atoms with Gasteiger partial charge in [-0.3, -0.25) is 14.5 Å². The van der Waals surface area contributed by atoms with Gasteiger partial charge in [-0.05, 0) is 17.7 Å². The fourth-order valence-corrected chi connectivity index (χ4v) is 3.77. The molecule has 0 aliphatic carbocycles. The molecule has 0 unspecified atom stereocenters. The predicted octanol–water partition coefficient (Wildman–Crippen LogP) is 4.23. The van der Waals surface area contributed by atoms with Crippen molar-refractivity contribution in [2.24, 2.45) is 0 Å². The summed E-state index contributed by atoms with van der Waals surface area (Å²) in [6.07, 6.45) is 4.80. The van der Waals surface area contributed by atoms with E-state index in [0.29, 0.717) is 43.5 Å². The van der Waals surface area contributed by atoms with Gasteiger partial charge in [0.05, 0.1) is 6.54 Å². The van der Waals surface area contributed by atoms with Crippen molar-refractivity contribution in [2.75, 3.05) is 26.2 Å². The minimum absolute atomic E-state index is 0.00468. The standard InChI is InChI=1S/C26H25ClN2O4/c27-23-9-5-4-8-21(23)18-33-25-19-32-22(16-24(25)30)17-28-12-14-29(15-13-28)26(31)11-10-20-6-2-1-3-7-20/h1-11,16,19H,12-15,17-18H2/b11-10+. The van der Waals surface area contributed by atoms with E-state index in [1.807, 2.05) is 59.5 Å². The Morgan fingerprint density at radius 1 is 1.03 bits per heavy atom. The minimum Gasteiger partial charge on any atom is -0.482 e. The molecule has 1 amide bonds. The Kier molecular flexibility index (Phi) is 7.60. The Morgan fingerprint density at radius 3 is 2.48 bits per heavy atom. The molecule has 1 aliphatic heterocycles. The number of hydrogen-bond donors (Lipinski definition) is 0. The summed E-state index contributed by atoms with van der Waals surface area (Å²) >= 11 is 6.12. The highest BCUT2D eigenvalue weighted by molar-refractivity contribution is 6.31. The molecule has 1 aromatic heterocycles. The lowest BCUT2D eigenvalue weighted by Gasteiger charge is -2.33.